The van der Waals surface area contributed by atoms with Gasteiger partial charge in [-0.2, -0.15) is 8.42 Å². The molecule has 0 bridgehead atoms. The topological polar surface area (TPSA) is 52.6 Å². The summed E-state index contributed by atoms with van der Waals surface area (Å²) in [6.45, 7) is 7.40. The normalized spacial score (nSPS) is 12.8. The minimum atomic E-state index is -3.76. The molecule has 0 atom stereocenters. The van der Waals surface area contributed by atoms with Crippen LogP contribution in [-0.4, -0.2) is 30.8 Å². The summed E-state index contributed by atoms with van der Waals surface area (Å²) in [6.07, 6.45) is 0.226. The van der Waals surface area contributed by atoms with E-state index in [2.05, 4.69) is 14.9 Å². The number of hydrogen-bond acceptors (Lipinski definition) is 4. The van der Waals surface area contributed by atoms with Crippen LogP contribution in [0.1, 0.15) is 13.8 Å². The summed E-state index contributed by atoms with van der Waals surface area (Å²) in [7, 11) is -4.37. The minimum absolute atomic E-state index is 0.165. The molecule has 0 aliphatic heterocycles. The lowest BCUT2D eigenvalue weighted by molar-refractivity contribution is 0.213. The van der Waals surface area contributed by atoms with Crippen molar-refractivity contribution in [1.82, 2.24) is 0 Å². The minimum Gasteiger partial charge on any atom is -0.252 e. The predicted molar refractivity (Wildman–Crippen MR) is 54.4 cm³/mol. The average Bonchev–Trinajstić information content (AvgIpc) is 2.02. The molecule has 0 aromatic rings. The third-order valence-electron chi connectivity index (χ3n) is 1.10. The van der Waals surface area contributed by atoms with Gasteiger partial charge in [0.05, 0.1) is 22.4 Å². The van der Waals surface area contributed by atoms with Crippen molar-refractivity contribution in [3.8, 4) is 0 Å². The molecule has 0 aliphatic carbocycles. The summed E-state index contributed by atoms with van der Waals surface area (Å²) >= 11 is 0. The highest BCUT2D eigenvalue weighted by atomic mass is 32.3. The summed E-state index contributed by atoms with van der Waals surface area (Å²) in [4.78, 5) is 0. The molecule has 0 rings (SSSR count). The van der Waals surface area contributed by atoms with Crippen LogP contribution in [-0.2, 0) is 18.8 Å². The average molecular weight is 224 g/mol. The quantitative estimate of drug-likeness (QED) is 0.457. The van der Waals surface area contributed by atoms with E-state index >= 15 is 0 Å². The predicted octanol–water partition coefficient (Wildman–Crippen LogP) is 0.190. The standard InChI is InChI=1S/C7H16O4SSi/c1-4-13-6-11-12(8,9)10-5-7(2)3/h4,7H,1,5-6,13H2,2-3H3. The van der Waals surface area contributed by atoms with Crippen molar-refractivity contribution in [1.29, 1.82) is 0 Å². The van der Waals surface area contributed by atoms with Gasteiger partial charge in [-0.3, -0.25) is 4.18 Å². The monoisotopic (exact) mass is 224 g/mol. The van der Waals surface area contributed by atoms with Gasteiger partial charge in [-0.1, -0.05) is 13.8 Å². The van der Waals surface area contributed by atoms with E-state index < -0.39 is 19.9 Å². The van der Waals surface area contributed by atoms with Crippen molar-refractivity contribution in [3.63, 3.8) is 0 Å². The van der Waals surface area contributed by atoms with E-state index in [-0.39, 0.29) is 18.8 Å². The first-order valence-electron chi connectivity index (χ1n) is 4.12. The highest BCUT2D eigenvalue weighted by Gasteiger charge is 2.11. The number of hydrogen-bond donors (Lipinski definition) is 0. The molecular formula is C7H16O4SSi. The molecule has 0 unspecified atom stereocenters. The van der Waals surface area contributed by atoms with Crippen molar-refractivity contribution < 1.29 is 16.8 Å². The Morgan fingerprint density at radius 1 is 1.46 bits per heavy atom. The second-order valence-corrected chi connectivity index (χ2v) is 5.84. The van der Waals surface area contributed by atoms with Gasteiger partial charge < -0.3 is 0 Å². The number of rotatable bonds is 7. The molecule has 78 valence electrons. The zero-order chi connectivity index (χ0) is 10.3. The highest BCUT2D eigenvalue weighted by molar-refractivity contribution is 7.81. The third-order valence-corrected chi connectivity index (χ3v) is 3.12. The van der Waals surface area contributed by atoms with Crippen molar-refractivity contribution >= 4 is 19.9 Å². The Morgan fingerprint density at radius 3 is 2.54 bits per heavy atom. The lowest BCUT2D eigenvalue weighted by atomic mass is 10.2. The highest BCUT2D eigenvalue weighted by Crippen LogP contribution is 2.00. The molecule has 4 nitrogen and oxygen atoms in total. The van der Waals surface area contributed by atoms with Crippen molar-refractivity contribution in [2.24, 2.45) is 5.92 Å². The van der Waals surface area contributed by atoms with Gasteiger partial charge in [0.1, 0.15) is 0 Å². The molecule has 0 heterocycles. The van der Waals surface area contributed by atoms with E-state index in [4.69, 9.17) is 0 Å². The SMILES string of the molecule is C=C[SiH2]COS(=O)(=O)OCC(C)C. The van der Waals surface area contributed by atoms with Crippen LogP contribution >= 0.6 is 0 Å². The van der Waals surface area contributed by atoms with Gasteiger partial charge in [0, 0.05) is 0 Å². The molecule has 0 amide bonds. The van der Waals surface area contributed by atoms with E-state index in [0.29, 0.717) is 0 Å². The van der Waals surface area contributed by atoms with Gasteiger partial charge in [0.25, 0.3) is 0 Å². The molecular weight excluding hydrogens is 208 g/mol. The Bertz CT molecular complexity index is 235. The van der Waals surface area contributed by atoms with Crippen LogP contribution in [0.4, 0.5) is 0 Å². The van der Waals surface area contributed by atoms with Crippen LogP contribution in [0, 0.1) is 5.92 Å². The lowest BCUT2D eigenvalue weighted by Crippen LogP contribution is -2.16. The molecule has 0 radical (unpaired) electrons. The fraction of sp³-hybridized carbons (Fsp3) is 0.714. The van der Waals surface area contributed by atoms with Gasteiger partial charge >= 0.3 is 10.4 Å². The van der Waals surface area contributed by atoms with E-state index in [1.807, 2.05) is 13.8 Å². The van der Waals surface area contributed by atoms with Crippen LogP contribution in [0.3, 0.4) is 0 Å². The Morgan fingerprint density at radius 2 is 2.08 bits per heavy atom. The van der Waals surface area contributed by atoms with E-state index in [9.17, 15) is 8.42 Å². The maximum Gasteiger partial charge on any atom is 0.399 e. The van der Waals surface area contributed by atoms with Crippen molar-refractivity contribution in [2.75, 3.05) is 12.8 Å². The first-order chi connectivity index (χ1) is 5.98. The smallest absolute Gasteiger partial charge is 0.252 e. The van der Waals surface area contributed by atoms with Crippen molar-refractivity contribution in [3.05, 3.63) is 12.3 Å². The molecule has 0 aromatic heterocycles. The maximum atomic E-state index is 11.0. The Balaban J connectivity index is 3.74. The van der Waals surface area contributed by atoms with E-state index in [1.54, 1.807) is 5.70 Å². The Labute approximate surface area is 82.1 Å². The van der Waals surface area contributed by atoms with E-state index in [1.165, 1.54) is 0 Å². The van der Waals surface area contributed by atoms with Gasteiger partial charge in [0.2, 0.25) is 0 Å². The summed E-state index contributed by atoms with van der Waals surface area (Å²) in [6, 6.07) is 0. The molecule has 0 spiro atoms. The first kappa shape index (κ1) is 12.8. The summed E-state index contributed by atoms with van der Waals surface area (Å²) < 4.78 is 31.0. The second-order valence-electron chi connectivity index (χ2n) is 2.99. The zero-order valence-corrected chi connectivity index (χ0v) is 10.3. The van der Waals surface area contributed by atoms with E-state index in [0.717, 1.165) is 0 Å². The molecule has 0 saturated carbocycles. The van der Waals surface area contributed by atoms with Gasteiger partial charge in [0.15, 0.2) is 0 Å². The molecule has 0 N–H and O–H groups in total. The summed E-state index contributed by atoms with van der Waals surface area (Å²) in [5, 5.41) is 0. The van der Waals surface area contributed by atoms with Crippen LogP contribution in [0.25, 0.3) is 0 Å². The lowest BCUT2D eigenvalue weighted by Gasteiger charge is -2.06. The van der Waals surface area contributed by atoms with Gasteiger partial charge in [-0.05, 0) is 5.92 Å². The largest absolute Gasteiger partial charge is 0.399 e. The zero-order valence-electron chi connectivity index (χ0n) is 8.02. The fourth-order valence-electron chi connectivity index (χ4n) is 0.487. The maximum absolute atomic E-state index is 11.0. The molecule has 6 heteroatoms. The van der Waals surface area contributed by atoms with Crippen LogP contribution in [0.2, 0.25) is 0 Å². The first-order valence-corrected chi connectivity index (χ1v) is 7.27. The second kappa shape index (κ2) is 6.31. The van der Waals surface area contributed by atoms with Gasteiger partial charge in [-0.15, -0.1) is 12.3 Å². The molecule has 13 heavy (non-hydrogen) atoms. The van der Waals surface area contributed by atoms with Crippen LogP contribution < -0.4 is 0 Å². The summed E-state index contributed by atoms with van der Waals surface area (Å²) in [5.41, 5.74) is 1.72. The molecule has 0 saturated heterocycles. The molecule has 0 fully saturated rings. The summed E-state index contributed by atoms with van der Waals surface area (Å²) in [5.74, 6) is 0.176. The third kappa shape index (κ3) is 8.17. The fourth-order valence-corrected chi connectivity index (χ4v) is 2.36. The molecule has 0 aromatic carbocycles. The Hall–Kier alpha value is -0.173. The van der Waals surface area contributed by atoms with Crippen molar-refractivity contribution in [2.45, 2.75) is 13.8 Å². The Kier molecular flexibility index (Phi) is 6.22. The van der Waals surface area contributed by atoms with Crippen LogP contribution in [0.5, 0.6) is 0 Å². The van der Waals surface area contributed by atoms with Gasteiger partial charge in [-0.25, -0.2) is 4.18 Å². The molecule has 0 aliphatic rings. The van der Waals surface area contributed by atoms with Crippen LogP contribution in [0.15, 0.2) is 12.3 Å².